The molecular weight excluding hydrogens is 232 g/mol. The monoisotopic (exact) mass is 252 g/mol. The molecule has 0 aliphatic rings. The van der Waals surface area contributed by atoms with Crippen LogP contribution in [0.25, 0.3) is 5.70 Å². The SMILES string of the molecule is CCc1ccc(/C(N)=C/Nc2cccc(C)c2)cc1. The van der Waals surface area contributed by atoms with Gasteiger partial charge < -0.3 is 11.1 Å². The van der Waals surface area contributed by atoms with Gasteiger partial charge in [0.25, 0.3) is 0 Å². The molecule has 0 saturated heterocycles. The summed E-state index contributed by atoms with van der Waals surface area (Å²) in [7, 11) is 0. The summed E-state index contributed by atoms with van der Waals surface area (Å²) in [4.78, 5) is 0. The zero-order valence-corrected chi connectivity index (χ0v) is 11.5. The molecule has 19 heavy (non-hydrogen) atoms. The summed E-state index contributed by atoms with van der Waals surface area (Å²) in [5.41, 5.74) is 11.4. The molecule has 0 fully saturated rings. The van der Waals surface area contributed by atoms with E-state index in [0.717, 1.165) is 23.4 Å². The first-order chi connectivity index (χ1) is 9.19. The van der Waals surface area contributed by atoms with E-state index in [1.54, 1.807) is 0 Å². The molecule has 0 atom stereocenters. The molecule has 2 aromatic carbocycles. The van der Waals surface area contributed by atoms with Crippen LogP contribution in [0.2, 0.25) is 0 Å². The van der Waals surface area contributed by atoms with Gasteiger partial charge in [-0.05, 0) is 42.2 Å². The molecule has 0 aromatic heterocycles. The number of aryl methyl sites for hydroxylation is 2. The minimum Gasteiger partial charge on any atom is -0.397 e. The van der Waals surface area contributed by atoms with Crippen molar-refractivity contribution < 1.29 is 0 Å². The van der Waals surface area contributed by atoms with E-state index in [9.17, 15) is 0 Å². The predicted molar refractivity (Wildman–Crippen MR) is 82.8 cm³/mol. The highest BCUT2D eigenvalue weighted by atomic mass is 14.9. The molecule has 0 heterocycles. The normalized spacial score (nSPS) is 11.4. The van der Waals surface area contributed by atoms with Crippen molar-refractivity contribution in [1.29, 1.82) is 0 Å². The van der Waals surface area contributed by atoms with Crippen LogP contribution in [0.4, 0.5) is 5.69 Å². The minimum atomic E-state index is 0.740. The summed E-state index contributed by atoms with van der Waals surface area (Å²) in [6, 6.07) is 16.6. The van der Waals surface area contributed by atoms with Crippen molar-refractivity contribution >= 4 is 11.4 Å². The lowest BCUT2D eigenvalue weighted by molar-refractivity contribution is 1.14. The van der Waals surface area contributed by atoms with E-state index in [2.05, 4.69) is 55.6 Å². The van der Waals surface area contributed by atoms with E-state index in [-0.39, 0.29) is 0 Å². The van der Waals surface area contributed by atoms with Gasteiger partial charge in [-0.15, -0.1) is 0 Å². The van der Waals surface area contributed by atoms with E-state index in [0.29, 0.717) is 0 Å². The van der Waals surface area contributed by atoms with Gasteiger partial charge in [0.15, 0.2) is 0 Å². The second kappa shape index (κ2) is 6.10. The van der Waals surface area contributed by atoms with Crippen LogP contribution in [-0.4, -0.2) is 0 Å². The van der Waals surface area contributed by atoms with Gasteiger partial charge in [-0.2, -0.15) is 0 Å². The van der Waals surface area contributed by atoms with Gasteiger partial charge in [0.2, 0.25) is 0 Å². The number of rotatable bonds is 4. The van der Waals surface area contributed by atoms with Crippen molar-refractivity contribution in [1.82, 2.24) is 0 Å². The first-order valence-electron chi connectivity index (χ1n) is 6.57. The van der Waals surface area contributed by atoms with Crippen molar-refractivity contribution in [3.8, 4) is 0 Å². The first kappa shape index (κ1) is 13.2. The van der Waals surface area contributed by atoms with E-state index in [4.69, 9.17) is 5.73 Å². The molecule has 0 unspecified atom stereocenters. The molecule has 2 heteroatoms. The third kappa shape index (κ3) is 3.62. The van der Waals surface area contributed by atoms with Gasteiger partial charge in [-0.1, -0.05) is 43.3 Å². The van der Waals surface area contributed by atoms with Gasteiger partial charge in [-0.25, -0.2) is 0 Å². The van der Waals surface area contributed by atoms with Gasteiger partial charge in [0, 0.05) is 11.9 Å². The summed E-state index contributed by atoms with van der Waals surface area (Å²) >= 11 is 0. The lowest BCUT2D eigenvalue weighted by atomic mass is 10.1. The highest BCUT2D eigenvalue weighted by molar-refractivity contribution is 5.65. The second-order valence-electron chi connectivity index (χ2n) is 4.66. The maximum atomic E-state index is 6.07. The van der Waals surface area contributed by atoms with Gasteiger partial charge in [0.1, 0.15) is 0 Å². The molecule has 2 aromatic rings. The Kier molecular flexibility index (Phi) is 4.24. The Bertz CT molecular complexity index is 568. The second-order valence-corrected chi connectivity index (χ2v) is 4.66. The maximum absolute atomic E-state index is 6.07. The zero-order chi connectivity index (χ0) is 13.7. The van der Waals surface area contributed by atoms with E-state index in [1.807, 2.05) is 18.3 Å². The Labute approximate surface area is 115 Å². The molecule has 0 amide bonds. The van der Waals surface area contributed by atoms with Crippen molar-refractivity contribution in [3.05, 3.63) is 71.4 Å². The summed E-state index contributed by atoms with van der Waals surface area (Å²) in [6.07, 6.45) is 2.89. The fourth-order valence-electron chi connectivity index (χ4n) is 1.91. The van der Waals surface area contributed by atoms with Crippen LogP contribution >= 0.6 is 0 Å². The quantitative estimate of drug-likeness (QED) is 0.865. The number of nitrogens with one attached hydrogen (secondary N) is 1. The van der Waals surface area contributed by atoms with Crippen LogP contribution in [0.1, 0.15) is 23.6 Å². The Balaban J connectivity index is 2.09. The number of nitrogens with two attached hydrogens (primary N) is 1. The maximum Gasteiger partial charge on any atom is 0.0550 e. The largest absolute Gasteiger partial charge is 0.397 e. The molecule has 0 aliphatic carbocycles. The molecule has 98 valence electrons. The smallest absolute Gasteiger partial charge is 0.0550 e. The Morgan fingerprint density at radius 1 is 1.16 bits per heavy atom. The third-order valence-corrected chi connectivity index (χ3v) is 3.11. The molecule has 2 rings (SSSR count). The van der Waals surface area contributed by atoms with Crippen LogP contribution < -0.4 is 11.1 Å². The fourth-order valence-corrected chi connectivity index (χ4v) is 1.91. The molecule has 0 aliphatic heterocycles. The molecule has 3 N–H and O–H groups in total. The lowest BCUT2D eigenvalue weighted by Gasteiger charge is -2.06. The van der Waals surface area contributed by atoms with Gasteiger partial charge in [0.05, 0.1) is 5.70 Å². The molecular formula is C17H20N2. The Morgan fingerprint density at radius 3 is 2.53 bits per heavy atom. The highest BCUT2D eigenvalue weighted by Gasteiger charge is 1.97. The number of anilines is 1. The summed E-state index contributed by atoms with van der Waals surface area (Å²) in [5, 5.41) is 3.23. The topological polar surface area (TPSA) is 38.0 Å². The van der Waals surface area contributed by atoms with Crippen LogP contribution in [0, 0.1) is 6.92 Å². The fraction of sp³-hybridized carbons (Fsp3) is 0.176. The van der Waals surface area contributed by atoms with E-state index in [1.165, 1.54) is 11.1 Å². The molecule has 0 saturated carbocycles. The predicted octanol–water partition coefficient (Wildman–Crippen LogP) is 3.93. The van der Waals surface area contributed by atoms with Crippen molar-refractivity contribution in [2.75, 3.05) is 5.32 Å². The standard InChI is InChI=1S/C17H20N2/c1-3-14-7-9-15(10-8-14)17(18)12-19-16-6-4-5-13(2)11-16/h4-12,19H,3,18H2,1-2H3/b17-12-. The number of benzene rings is 2. The van der Waals surface area contributed by atoms with Crippen molar-refractivity contribution in [2.24, 2.45) is 5.73 Å². The third-order valence-electron chi connectivity index (χ3n) is 3.11. The highest BCUT2D eigenvalue weighted by Crippen LogP contribution is 2.13. The summed E-state index contributed by atoms with van der Waals surface area (Å²) < 4.78 is 0. The number of hydrogen-bond acceptors (Lipinski definition) is 2. The summed E-state index contributed by atoms with van der Waals surface area (Å²) in [6.45, 7) is 4.22. The lowest BCUT2D eigenvalue weighted by Crippen LogP contribution is -2.00. The zero-order valence-electron chi connectivity index (χ0n) is 11.5. The summed E-state index contributed by atoms with van der Waals surface area (Å²) in [5.74, 6) is 0. The van der Waals surface area contributed by atoms with Crippen LogP contribution in [0.5, 0.6) is 0 Å². The number of hydrogen-bond donors (Lipinski definition) is 2. The molecule has 2 nitrogen and oxygen atoms in total. The Hall–Kier alpha value is -2.22. The molecule has 0 radical (unpaired) electrons. The first-order valence-corrected chi connectivity index (χ1v) is 6.57. The van der Waals surface area contributed by atoms with E-state index < -0.39 is 0 Å². The van der Waals surface area contributed by atoms with Crippen molar-refractivity contribution in [2.45, 2.75) is 20.3 Å². The average Bonchev–Trinajstić information content (AvgIpc) is 2.45. The van der Waals surface area contributed by atoms with Crippen molar-refractivity contribution in [3.63, 3.8) is 0 Å². The Morgan fingerprint density at radius 2 is 1.89 bits per heavy atom. The molecule has 0 spiro atoms. The minimum absolute atomic E-state index is 0.740. The van der Waals surface area contributed by atoms with E-state index >= 15 is 0 Å². The molecule has 0 bridgehead atoms. The van der Waals surface area contributed by atoms with Crippen LogP contribution in [0.3, 0.4) is 0 Å². The van der Waals surface area contributed by atoms with Gasteiger partial charge in [-0.3, -0.25) is 0 Å². The average molecular weight is 252 g/mol. The van der Waals surface area contributed by atoms with Crippen LogP contribution in [-0.2, 0) is 6.42 Å². The van der Waals surface area contributed by atoms with Gasteiger partial charge >= 0.3 is 0 Å². The van der Waals surface area contributed by atoms with Crippen LogP contribution in [0.15, 0.2) is 54.7 Å².